The zero-order valence-electron chi connectivity index (χ0n) is 15.0. The highest BCUT2D eigenvalue weighted by Crippen LogP contribution is 2.34. The number of carbonyl (C=O) groups excluding carboxylic acids is 4. The van der Waals surface area contributed by atoms with Gasteiger partial charge in [0.05, 0.1) is 12.1 Å². The van der Waals surface area contributed by atoms with Crippen molar-refractivity contribution < 1.29 is 19.2 Å². The fraction of sp³-hybridized carbons (Fsp3) is 0.474. The van der Waals surface area contributed by atoms with Gasteiger partial charge in [-0.3, -0.25) is 19.2 Å². The highest BCUT2D eigenvalue weighted by Gasteiger charge is 2.48. The van der Waals surface area contributed by atoms with Crippen LogP contribution in [0.5, 0.6) is 0 Å². The van der Waals surface area contributed by atoms with Crippen LogP contribution in [0.15, 0.2) is 24.3 Å². The summed E-state index contributed by atoms with van der Waals surface area (Å²) in [6.07, 6.45) is 2.90. The molecule has 138 valence electrons. The number of amides is 4. The number of nitrogens with zero attached hydrogens (tertiary/aromatic N) is 2. The van der Waals surface area contributed by atoms with Crippen LogP contribution in [-0.2, 0) is 19.2 Å². The van der Waals surface area contributed by atoms with Crippen molar-refractivity contribution in [2.75, 3.05) is 10.2 Å². The molecule has 1 aromatic carbocycles. The maximum Gasteiger partial charge on any atom is 0.257 e. The summed E-state index contributed by atoms with van der Waals surface area (Å²) >= 11 is 0. The van der Waals surface area contributed by atoms with Crippen LogP contribution < -0.4 is 10.2 Å². The molecule has 1 aromatic rings. The molecule has 1 heterocycles. The molecule has 1 saturated heterocycles. The summed E-state index contributed by atoms with van der Waals surface area (Å²) in [7, 11) is 0. The first kappa shape index (κ1) is 18.1. The number of imide groups is 1. The van der Waals surface area contributed by atoms with Gasteiger partial charge in [-0.1, -0.05) is 6.92 Å². The lowest BCUT2D eigenvalue weighted by molar-refractivity contribution is -0.139. The van der Waals surface area contributed by atoms with Crippen LogP contribution in [0.1, 0.15) is 46.0 Å². The summed E-state index contributed by atoms with van der Waals surface area (Å²) in [5.74, 6) is -0.898. The molecule has 3 rings (SSSR count). The first-order valence-electron chi connectivity index (χ1n) is 8.98. The van der Waals surface area contributed by atoms with E-state index in [-0.39, 0.29) is 36.1 Å². The Labute approximate surface area is 152 Å². The predicted octanol–water partition coefficient (Wildman–Crippen LogP) is 2.07. The smallest absolute Gasteiger partial charge is 0.257 e. The Morgan fingerprint density at radius 1 is 1.19 bits per heavy atom. The lowest BCUT2D eigenvalue weighted by Gasteiger charge is -2.27. The van der Waals surface area contributed by atoms with Crippen molar-refractivity contribution in [1.29, 1.82) is 0 Å². The van der Waals surface area contributed by atoms with E-state index >= 15 is 0 Å². The van der Waals surface area contributed by atoms with Crippen LogP contribution in [0.25, 0.3) is 0 Å². The maximum absolute atomic E-state index is 12.9. The highest BCUT2D eigenvalue weighted by molar-refractivity contribution is 6.23. The van der Waals surface area contributed by atoms with Crippen molar-refractivity contribution in [2.45, 2.75) is 58.0 Å². The van der Waals surface area contributed by atoms with Crippen molar-refractivity contribution in [1.82, 2.24) is 4.90 Å². The Morgan fingerprint density at radius 2 is 1.85 bits per heavy atom. The molecule has 0 bridgehead atoms. The van der Waals surface area contributed by atoms with Gasteiger partial charge in [-0.25, -0.2) is 4.90 Å². The van der Waals surface area contributed by atoms with E-state index in [1.165, 1.54) is 6.92 Å². The Hall–Kier alpha value is -2.70. The van der Waals surface area contributed by atoms with Crippen LogP contribution in [-0.4, -0.2) is 40.6 Å². The van der Waals surface area contributed by atoms with E-state index in [0.717, 1.165) is 17.7 Å². The molecule has 1 saturated carbocycles. The van der Waals surface area contributed by atoms with Gasteiger partial charge in [0.2, 0.25) is 17.7 Å². The molecule has 1 N–H and O–H groups in total. The van der Waals surface area contributed by atoms with Gasteiger partial charge in [0.1, 0.15) is 6.04 Å². The fourth-order valence-electron chi connectivity index (χ4n) is 3.33. The average molecular weight is 357 g/mol. The summed E-state index contributed by atoms with van der Waals surface area (Å²) in [5, 5.41) is 2.64. The minimum atomic E-state index is -0.705. The molecule has 1 aliphatic carbocycles. The summed E-state index contributed by atoms with van der Waals surface area (Å²) in [6, 6.07) is 5.91. The number of carbonyl (C=O) groups is 4. The summed E-state index contributed by atoms with van der Waals surface area (Å²) in [4.78, 5) is 51.7. The van der Waals surface area contributed by atoms with Crippen LogP contribution in [0.4, 0.5) is 11.4 Å². The lowest BCUT2D eigenvalue weighted by Crippen LogP contribution is -2.46. The van der Waals surface area contributed by atoms with Gasteiger partial charge in [0.25, 0.3) is 5.91 Å². The van der Waals surface area contributed by atoms with Gasteiger partial charge >= 0.3 is 0 Å². The standard InChI is InChI=1S/C19H23N3O4/c1-3-4-17(24)21(14-9-10-14)16-11-18(25)22(19(16)26)15-7-5-13(6-8-15)20-12(2)23/h5-8,14,16H,3-4,9-11H2,1-2H3,(H,20,23). The van der Waals surface area contributed by atoms with Gasteiger partial charge in [-0.05, 0) is 43.5 Å². The molecule has 0 spiro atoms. The normalized spacial score (nSPS) is 19.6. The zero-order valence-corrected chi connectivity index (χ0v) is 15.0. The van der Waals surface area contributed by atoms with Gasteiger partial charge in [0.15, 0.2) is 0 Å². The average Bonchev–Trinajstić information content (AvgIpc) is 3.36. The summed E-state index contributed by atoms with van der Waals surface area (Å²) < 4.78 is 0. The fourth-order valence-corrected chi connectivity index (χ4v) is 3.33. The maximum atomic E-state index is 12.9. The molecular weight excluding hydrogens is 334 g/mol. The minimum absolute atomic E-state index is 0.0260. The Bertz CT molecular complexity index is 740. The van der Waals surface area contributed by atoms with Crippen molar-refractivity contribution in [3.8, 4) is 0 Å². The van der Waals surface area contributed by atoms with E-state index in [0.29, 0.717) is 24.2 Å². The first-order valence-corrected chi connectivity index (χ1v) is 8.98. The van der Waals surface area contributed by atoms with Gasteiger partial charge < -0.3 is 10.2 Å². The molecule has 4 amide bonds. The van der Waals surface area contributed by atoms with Crippen molar-refractivity contribution in [3.63, 3.8) is 0 Å². The molecule has 2 fully saturated rings. The number of benzene rings is 1. The Balaban J connectivity index is 1.80. The summed E-state index contributed by atoms with van der Waals surface area (Å²) in [5.41, 5.74) is 1.05. The van der Waals surface area contributed by atoms with Crippen LogP contribution in [0.2, 0.25) is 0 Å². The van der Waals surface area contributed by atoms with E-state index in [9.17, 15) is 19.2 Å². The third-order valence-electron chi connectivity index (χ3n) is 4.60. The van der Waals surface area contributed by atoms with E-state index in [1.807, 2.05) is 6.92 Å². The van der Waals surface area contributed by atoms with Gasteiger partial charge in [0, 0.05) is 25.1 Å². The van der Waals surface area contributed by atoms with Crippen LogP contribution in [0, 0.1) is 0 Å². The van der Waals surface area contributed by atoms with Crippen molar-refractivity contribution >= 4 is 35.0 Å². The second-order valence-corrected chi connectivity index (χ2v) is 6.80. The highest BCUT2D eigenvalue weighted by atomic mass is 16.2. The molecule has 2 aliphatic rings. The molecule has 26 heavy (non-hydrogen) atoms. The second kappa shape index (κ2) is 7.27. The minimum Gasteiger partial charge on any atom is -0.327 e. The third-order valence-corrected chi connectivity index (χ3v) is 4.60. The van der Waals surface area contributed by atoms with E-state index < -0.39 is 6.04 Å². The number of hydrogen-bond donors (Lipinski definition) is 1. The molecule has 7 nitrogen and oxygen atoms in total. The second-order valence-electron chi connectivity index (χ2n) is 6.80. The number of hydrogen-bond acceptors (Lipinski definition) is 4. The van der Waals surface area contributed by atoms with Crippen molar-refractivity contribution in [2.24, 2.45) is 0 Å². The monoisotopic (exact) mass is 357 g/mol. The number of anilines is 2. The molecule has 7 heteroatoms. The Morgan fingerprint density at radius 3 is 2.38 bits per heavy atom. The number of nitrogens with one attached hydrogen (secondary N) is 1. The topological polar surface area (TPSA) is 86.8 Å². The van der Waals surface area contributed by atoms with Crippen molar-refractivity contribution in [3.05, 3.63) is 24.3 Å². The molecular formula is C19H23N3O4. The molecule has 0 radical (unpaired) electrons. The van der Waals surface area contributed by atoms with Gasteiger partial charge in [-0.15, -0.1) is 0 Å². The van der Waals surface area contributed by atoms with E-state index in [2.05, 4.69) is 5.32 Å². The van der Waals surface area contributed by atoms with E-state index in [4.69, 9.17) is 0 Å². The van der Waals surface area contributed by atoms with Crippen LogP contribution in [0.3, 0.4) is 0 Å². The SMILES string of the molecule is CCCC(=O)N(C1CC1)C1CC(=O)N(c2ccc(NC(C)=O)cc2)C1=O. The summed E-state index contributed by atoms with van der Waals surface area (Å²) in [6.45, 7) is 3.33. The number of rotatable bonds is 6. The largest absolute Gasteiger partial charge is 0.327 e. The molecule has 1 aliphatic heterocycles. The zero-order chi connectivity index (χ0) is 18.8. The quantitative estimate of drug-likeness (QED) is 0.790. The lowest BCUT2D eigenvalue weighted by atomic mass is 10.1. The van der Waals surface area contributed by atoms with Crippen LogP contribution >= 0.6 is 0 Å². The van der Waals surface area contributed by atoms with Gasteiger partial charge in [-0.2, -0.15) is 0 Å². The first-order chi connectivity index (χ1) is 12.4. The predicted molar refractivity (Wildman–Crippen MR) is 96.4 cm³/mol. The van der Waals surface area contributed by atoms with E-state index in [1.54, 1.807) is 29.2 Å². The molecule has 1 atom stereocenters. The molecule has 0 aromatic heterocycles. The molecule has 1 unspecified atom stereocenters. The Kier molecular flexibility index (Phi) is 5.06. The third kappa shape index (κ3) is 3.61.